The van der Waals surface area contributed by atoms with Crippen molar-refractivity contribution >= 4 is 28.9 Å². The molecule has 0 atom stereocenters. The minimum Gasteiger partial charge on any atom is -0.478 e. The molecule has 23 heavy (non-hydrogen) atoms. The van der Waals surface area contributed by atoms with Gasteiger partial charge in [-0.3, -0.25) is 0 Å². The van der Waals surface area contributed by atoms with E-state index in [4.69, 9.17) is 11.6 Å². The van der Waals surface area contributed by atoms with Crippen molar-refractivity contribution in [3.63, 3.8) is 0 Å². The lowest BCUT2D eigenvalue weighted by Gasteiger charge is -2.38. The van der Waals surface area contributed by atoms with E-state index in [1.165, 1.54) is 6.07 Å². The predicted molar refractivity (Wildman–Crippen MR) is 89.1 cm³/mol. The van der Waals surface area contributed by atoms with E-state index in [1.807, 2.05) is 35.2 Å². The molecule has 3 rings (SSSR count). The highest BCUT2D eigenvalue weighted by Gasteiger charge is 2.30. The Bertz CT molecular complexity index is 752. The lowest BCUT2D eigenvalue weighted by molar-refractivity contribution is 0.0692. The third-order valence-corrected chi connectivity index (χ3v) is 4.30. The van der Waals surface area contributed by atoms with Crippen molar-refractivity contribution < 1.29 is 14.3 Å². The zero-order chi connectivity index (χ0) is 16.6. The van der Waals surface area contributed by atoms with Gasteiger partial charge in [0.2, 0.25) is 0 Å². The zero-order valence-electron chi connectivity index (χ0n) is 12.6. The second-order valence-corrected chi connectivity index (χ2v) is 5.96. The summed E-state index contributed by atoms with van der Waals surface area (Å²) in [6.45, 7) is 1.93. The second kappa shape index (κ2) is 6.08. The van der Waals surface area contributed by atoms with Crippen molar-refractivity contribution in [1.29, 1.82) is 0 Å². The van der Waals surface area contributed by atoms with Crippen LogP contribution in [0.1, 0.15) is 15.9 Å². The van der Waals surface area contributed by atoms with Gasteiger partial charge in [-0.05, 0) is 11.6 Å². The first kappa shape index (κ1) is 15.6. The Labute approximate surface area is 138 Å². The van der Waals surface area contributed by atoms with E-state index in [0.29, 0.717) is 31.0 Å². The third kappa shape index (κ3) is 2.84. The maximum absolute atomic E-state index is 14.2. The Balaban J connectivity index is 2.10. The molecule has 1 N–H and O–H groups in total. The van der Waals surface area contributed by atoms with E-state index in [-0.39, 0.29) is 10.6 Å². The molecule has 1 aliphatic rings. The standard InChI is InChI=1S/C17H16ClFN2O2/c1-20-7-8-21(10-11-5-3-2-4-6-11)13-9-12(18)15(19)14(16(13)20)17(22)23/h2-6,9H,7-8,10H2,1H3,(H,22,23). The molecule has 0 unspecified atom stereocenters. The molecular formula is C17H16ClFN2O2. The summed E-state index contributed by atoms with van der Waals surface area (Å²) in [4.78, 5) is 15.3. The number of aromatic carboxylic acids is 1. The maximum Gasteiger partial charge on any atom is 0.340 e. The summed E-state index contributed by atoms with van der Waals surface area (Å²) in [6.07, 6.45) is 0. The van der Waals surface area contributed by atoms with E-state index in [1.54, 1.807) is 11.9 Å². The SMILES string of the molecule is CN1CCN(Cc2ccccc2)c2cc(Cl)c(F)c(C(=O)O)c21. The summed E-state index contributed by atoms with van der Waals surface area (Å²) in [6, 6.07) is 11.4. The van der Waals surface area contributed by atoms with E-state index in [2.05, 4.69) is 0 Å². The molecule has 0 aromatic heterocycles. The van der Waals surface area contributed by atoms with Crippen molar-refractivity contribution in [2.45, 2.75) is 6.54 Å². The molecule has 0 amide bonds. The average Bonchev–Trinajstić information content (AvgIpc) is 2.52. The number of hydrogen-bond donors (Lipinski definition) is 1. The number of benzene rings is 2. The van der Waals surface area contributed by atoms with Gasteiger partial charge in [0.25, 0.3) is 0 Å². The van der Waals surface area contributed by atoms with Gasteiger partial charge in [0, 0.05) is 26.7 Å². The van der Waals surface area contributed by atoms with Crippen LogP contribution in [-0.4, -0.2) is 31.2 Å². The van der Waals surface area contributed by atoms with Crippen molar-refractivity contribution in [3.8, 4) is 0 Å². The normalized spacial score (nSPS) is 13.9. The number of carbonyl (C=O) groups is 1. The summed E-state index contributed by atoms with van der Waals surface area (Å²) in [7, 11) is 1.76. The molecule has 0 spiro atoms. The molecule has 1 heterocycles. The van der Waals surface area contributed by atoms with Crippen LogP contribution in [0.4, 0.5) is 15.8 Å². The lowest BCUT2D eigenvalue weighted by atomic mass is 10.0. The largest absolute Gasteiger partial charge is 0.478 e. The van der Waals surface area contributed by atoms with E-state index >= 15 is 0 Å². The highest BCUT2D eigenvalue weighted by Crippen LogP contribution is 2.40. The number of anilines is 2. The van der Waals surface area contributed by atoms with Crippen LogP contribution in [0.3, 0.4) is 0 Å². The molecule has 0 aliphatic carbocycles. The third-order valence-electron chi connectivity index (χ3n) is 4.03. The quantitative estimate of drug-likeness (QED) is 0.930. The summed E-state index contributed by atoms with van der Waals surface area (Å²) in [5.74, 6) is -2.19. The first-order chi connectivity index (χ1) is 11.0. The molecule has 4 nitrogen and oxygen atoms in total. The van der Waals surface area contributed by atoms with Crippen molar-refractivity contribution in [1.82, 2.24) is 0 Å². The molecule has 0 saturated carbocycles. The molecular weight excluding hydrogens is 319 g/mol. The summed E-state index contributed by atoms with van der Waals surface area (Å²) >= 11 is 5.93. The van der Waals surface area contributed by atoms with Gasteiger partial charge in [0.15, 0.2) is 5.82 Å². The fourth-order valence-electron chi connectivity index (χ4n) is 2.90. The van der Waals surface area contributed by atoms with Crippen LogP contribution in [-0.2, 0) is 6.54 Å². The zero-order valence-corrected chi connectivity index (χ0v) is 13.3. The van der Waals surface area contributed by atoms with E-state index < -0.39 is 11.8 Å². The molecule has 120 valence electrons. The average molecular weight is 335 g/mol. The highest BCUT2D eigenvalue weighted by atomic mass is 35.5. The van der Waals surface area contributed by atoms with Gasteiger partial charge in [0.05, 0.1) is 16.4 Å². The molecule has 2 aromatic carbocycles. The van der Waals surface area contributed by atoms with Crippen LogP contribution in [0, 0.1) is 5.82 Å². The number of nitrogens with zero attached hydrogens (tertiary/aromatic N) is 2. The second-order valence-electron chi connectivity index (χ2n) is 5.55. The van der Waals surface area contributed by atoms with Gasteiger partial charge in [-0.2, -0.15) is 0 Å². The minimum atomic E-state index is -1.31. The Kier molecular flexibility index (Phi) is 4.13. The van der Waals surface area contributed by atoms with E-state index in [0.717, 1.165) is 5.56 Å². The minimum absolute atomic E-state index is 0.172. The first-order valence-electron chi connectivity index (χ1n) is 7.24. The summed E-state index contributed by atoms with van der Waals surface area (Å²) in [5.41, 5.74) is 1.75. The van der Waals surface area contributed by atoms with Crippen molar-refractivity contribution in [2.75, 3.05) is 29.9 Å². The smallest absolute Gasteiger partial charge is 0.340 e. The molecule has 1 aliphatic heterocycles. The van der Waals surface area contributed by atoms with Crippen LogP contribution < -0.4 is 9.80 Å². The van der Waals surface area contributed by atoms with Gasteiger partial charge >= 0.3 is 5.97 Å². The Hall–Kier alpha value is -2.27. The van der Waals surface area contributed by atoms with Crippen LogP contribution >= 0.6 is 11.6 Å². The number of fused-ring (bicyclic) bond motifs is 1. The Morgan fingerprint density at radius 3 is 2.65 bits per heavy atom. The van der Waals surface area contributed by atoms with Gasteiger partial charge < -0.3 is 14.9 Å². The molecule has 0 bridgehead atoms. The Morgan fingerprint density at radius 2 is 2.00 bits per heavy atom. The fourth-order valence-corrected chi connectivity index (χ4v) is 3.09. The molecule has 0 radical (unpaired) electrons. The number of halogens is 2. The first-order valence-corrected chi connectivity index (χ1v) is 7.62. The number of likely N-dealkylation sites (N-methyl/N-ethyl adjacent to an activating group) is 1. The van der Waals surface area contributed by atoms with Gasteiger partial charge in [-0.15, -0.1) is 0 Å². The topological polar surface area (TPSA) is 43.8 Å². The predicted octanol–water partition coefficient (Wildman–Crippen LogP) is 3.63. The maximum atomic E-state index is 14.2. The molecule has 0 fully saturated rings. The lowest BCUT2D eigenvalue weighted by Crippen LogP contribution is -2.40. The number of rotatable bonds is 3. The van der Waals surface area contributed by atoms with Crippen LogP contribution in [0.15, 0.2) is 36.4 Å². The van der Waals surface area contributed by atoms with Crippen LogP contribution in [0.5, 0.6) is 0 Å². The van der Waals surface area contributed by atoms with Crippen molar-refractivity contribution in [2.24, 2.45) is 0 Å². The molecule has 2 aromatic rings. The van der Waals surface area contributed by atoms with Crippen LogP contribution in [0.2, 0.25) is 5.02 Å². The highest BCUT2D eigenvalue weighted by molar-refractivity contribution is 6.31. The van der Waals surface area contributed by atoms with Crippen molar-refractivity contribution in [3.05, 3.63) is 58.4 Å². The van der Waals surface area contributed by atoms with E-state index in [9.17, 15) is 14.3 Å². The summed E-state index contributed by atoms with van der Waals surface area (Å²) < 4.78 is 14.2. The van der Waals surface area contributed by atoms with Gasteiger partial charge in [0.1, 0.15) is 5.56 Å². The number of carboxylic acid groups (broad SMARTS) is 1. The monoisotopic (exact) mass is 334 g/mol. The fraction of sp³-hybridized carbons (Fsp3) is 0.235. The van der Waals surface area contributed by atoms with Gasteiger partial charge in [-0.1, -0.05) is 41.9 Å². The van der Waals surface area contributed by atoms with Gasteiger partial charge in [-0.25, -0.2) is 9.18 Å². The summed E-state index contributed by atoms with van der Waals surface area (Å²) in [5, 5.41) is 9.22. The Morgan fingerprint density at radius 1 is 1.30 bits per heavy atom. The number of hydrogen-bond acceptors (Lipinski definition) is 3. The number of carboxylic acids is 1. The molecule has 0 saturated heterocycles. The molecule has 6 heteroatoms. The van der Waals surface area contributed by atoms with Crippen LogP contribution in [0.25, 0.3) is 0 Å².